The van der Waals surface area contributed by atoms with E-state index in [0.29, 0.717) is 5.56 Å². The summed E-state index contributed by atoms with van der Waals surface area (Å²) in [6.45, 7) is 0.0461. The molecule has 1 aromatic carbocycles. The number of aliphatic hydroxyl groups is 1. The number of aliphatic hydroxyl groups excluding tert-OH is 1. The van der Waals surface area contributed by atoms with Crippen LogP contribution in [0.1, 0.15) is 11.6 Å². The molecule has 0 radical (unpaired) electrons. The molecule has 2 unspecified atom stereocenters. The van der Waals surface area contributed by atoms with Gasteiger partial charge in [0.1, 0.15) is 0 Å². The van der Waals surface area contributed by atoms with Crippen LogP contribution in [0.3, 0.4) is 0 Å². The Morgan fingerprint density at radius 3 is 2.53 bits per heavy atom. The van der Waals surface area contributed by atoms with Gasteiger partial charge in [0.05, 0.1) is 12.1 Å². The summed E-state index contributed by atoms with van der Waals surface area (Å²) in [5, 5.41) is 12.3. The van der Waals surface area contributed by atoms with Gasteiger partial charge in [0.2, 0.25) is 0 Å². The maximum absolute atomic E-state index is 12.9. The molecule has 3 nitrogen and oxygen atoms in total. The first kappa shape index (κ1) is 12.0. The number of nitrogens with two attached hydrogens (primary N) is 1. The van der Waals surface area contributed by atoms with Crippen LogP contribution >= 0.6 is 0 Å². The van der Waals surface area contributed by atoms with Gasteiger partial charge in [0.15, 0.2) is 11.6 Å². The van der Waals surface area contributed by atoms with Crippen molar-refractivity contribution >= 4 is 0 Å². The monoisotopic (exact) mass is 216 g/mol. The lowest BCUT2D eigenvalue weighted by Crippen LogP contribution is -2.35. The lowest BCUT2D eigenvalue weighted by Gasteiger charge is -2.21. The number of hydrogen-bond acceptors (Lipinski definition) is 3. The fraction of sp³-hybridized carbons (Fsp3) is 0.400. The highest BCUT2D eigenvalue weighted by Crippen LogP contribution is 2.18. The molecule has 0 aliphatic carbocycles. The molecule has 0 aliphatic heterocycles. The topological polar surface area (TPSA) is 58.3 Å². The Hall–Kier alpha value is -1.04. The fourth-order valence-corrected chi connectivity index (χ4v) is 1.42. The second-order valence-corrected chi connectivity index (χ2v) is 3.24. The van der Waals surface area contributed by atoms with Crippen LogP contribution in [-0.4, -0.2) is 24.8 Å². The van der Waals surface area contributed by atoms with Crippen LogP contribution in [0.5, 0.6) is 0 Å². The minimum atomic E-state index is -0.933. The first-order valence-corrected chi connectivity index (χ1v) is 4.60. The Balaban J connectivity index is 2.97. The van der Waals surface area contributed by atoms with Crippen LogP contribution in [0.25, 0.3) is 0 Å². The van der Waals surface area contributed by atoms with Gasteiger partial charge in [-0.3, -0.25) is 0 Å². The largest absolute Gasteiger partial charge is 0.390 e. The Bertz CT molecular complexity index is 333. The smallest absolute Gasteiger partial charge is 0.159 e. The van der Waals surface area contributed by atoms with E-state index in [9.17, 15) is 13.9 Å². The maximum Gasteiger partial charge on any atom is 0.159 e. The molecule has 0 aromatic heterocycles. The summed E-state index contributed by atoms with van der Waals surface area (Å²) in [5.41, 5.74) is 5.76. The molecular formula is C10H14F2N2O. The lowest BCUT2D eigenvalue weighted by molar-refractivity contribution is 0.139. The summed E-state index contributed by atoms with van der Waals surface area (Å²) in [6, 6.07) is 3.00. The molecule has 2 atom stereocenters. The molecule has 0 saturated heterocycles. The summed E-state index contributed by atoms with van der Waals surface area (Å²) < 4.78 is 25.6. The molecule has 0 amide bonds. The van der Waals surface area contributed by atoms with Crippen molar-refractivity contribution in [2.45, 2.75) is 12.1 Å². The highest BCUT2D eigenvalue weighted by molar-refractivity contribution is 5.22. The van der Waals surface area contributed by atoms with E-state index in [1.54, 1.807) is 7.05 Å². The molecule has 0 heterocycles. The van der Waals surface area contributed by atoms with E-state index in [1.165, 1.54) is 6.07 Å². The summed E-state index contributed by atoms with van der Waals surface area (Å²) in [5.74, 6) is -1.84. The Morgan fingerprint density at radius 2 is 2.07 bits per heavy atom. The van der Waals surface area contributed by atoms with Crippen molar-refractivity contribution in [3.8, 4) is 0 Å². The van der Waals surface area contributed by atoms with Gasteiger partial charge in [-0.15, -0.1) is 0 Å². The standard InChI is InChI=1S/C10H14F2N2O/c1-14-10(9(15)5-13)6-2-3-7(11)8(12)4-6/h2-4,9-10,14-15H,5,13H2,1H3. The molecule has 15 heavy (non-hydrogen) atoms. The van der Waals surface area contributed by atoms with Gasteiger partial charge in [-0.25, -0.2) is 8.78 Å². The van der Waals surface area contributed by atoms with E-state index >= 15 is 0 Å². The quantitative estimate of drug-likeness (QED) is 0.688. The Kier molecular flexibility index (Phi) is 4.14. The summed E-state index contributed by atoms with van der Waals surface area (Å²) in [7, 11) is 1.62. The number of halogens is 2. The van der Waals surface area contributed by atoms with Crippen molar-refractivity contribution in [3.63, 3.8) is 0 Å². The molecule has 1 aromatic rings. The van der Waals surface area contributed by atoms with Crippen LogP contribution in [0.2, 0.25) is 0 Å². The van der Waals surface area contributed by atoms with Gasteiger partial charge < -0.3 is 16.2 Å². The second-order valence-electron chi connectivity index (χ2n) is 3.24. The summed E-state index contributed by atoms with van der Waals surface area (Å²) >= 11 is 0. The minimum Gasteiger partial charge on any atom is -0.390 e. The van der Waals surface area contributed by atoms with Crippen molar-refractivity contribution in [2.75, 3.05) is 13.6 Å². The van der Waals surface area contributed by atoms with Crippen LogP contribution in [0.15, 0.2) is 18.2 Å². The molecule has 5 heteroatoms. The number of rotatable bonds is 4. The predicted octanol–water partition coefficient (Wildman–Crippen LogP) is 0.545. The molecule has 4 N–H and O–H groups in total. The van der Waals surface area contributed by atoms with E-state index < -0.39 is 23.8 Å². The van der Waals surface area contributed by atoms with Crippen molar-refractivity contribution in [2.24, 2.45) is 5.73 Å². The summed E-state index contributed by atoms with van der Waals surface area (Å²) in [6.07, 6.45) is -0.833. The van der Waals surface area contributed by atoms with Crippen molar-refractivity contribution in [3.05, 3.63) is 35.4 Å². The molecule has 0 aliphatic rings. The predicted molar refractivity (Wildman–Crippen MR) is 53.2 cm³/mol. The van der Waals surface area contributed by atoms with E-state index in [4.69, 9.17) is 5.73 Å². The van der Waals surface area contributed by atoms with Crippen LogP contribution < -0.4 is 11.1 Å². The first-order chi connectivity index (χ1) is 7.10. The maximum atomic E-state index is 12.9. The van der Waals surface area contributed by atoms with Gasteiger partial charge in [-0.1, -0.05) is 6.07 Å². The number of likely N-dealkylation sites (N-methyl/N-ethyl adjacent to an activating group) is 1. The van der Waals surface area contributed by atoms with Crippen molar-refractivity contribution in [1.82, 2.24) is 5.32 Å². The van der Waals surface area contributed by atoms with Gasteiger partial charge in [-0.2, -0.15) is 0 Å². The molecule has 1 rings (SSSR count). The highest BCUT2D eigenvalue weighted by atomic mass is 19.2. The van der Waals surface area contributed by atoms with Gasteiger partial charge in [-0.05, 0) is 24.7 Å². The van der Waals surface area contributed by atoms with Crippen molar-refractivity contribution < 1.29 is 13.9 Å². The second kappa shape index (κ2) is 5.16. The average Bonchev–Trinajstić information content (AvgIpc) is 2.24. The minimum absolute atomic E-state index is 0.0461. The van der Waals surface area contributed by atoms with Gasteiger partial charge >= 0.3 is 0 Å². The molecule has 0 saturated carbocycles. The third-order valence-corrected chi connectivity index (χ3v) is 2.24. The zero-order valence-electron chi connectivity index (χ0n) is 8.37. The number of benzene rings is 1. The van der Waals surface area contributed by atoms with Crippen molar-refractivity contribution in [1.29, 1.82) is 0 Å². The van der Waals surface area contributed by atoms with Crippen LogP contribution in [-0.2, 0) is 0 Å². The third kappa shape index (κ3) is 2.71. The molecule has 0 spiro atoms. The fourth-order valence-electron chi connectivity index (χ4n) is 1.42. The third-order valence-electron chi connectivity index (χ3n) is 2.24. The Morgan fingerprint density at radius 1 is 1.40 bits per heavy atom. The normalized spacial score (nSPS) is 15.0. The molecule has 84 valence electrons. The lowest BCUT2D eigenvalue weighted by atomic mass is 10.0. The van der Waals surface area contributed by atoms with E-state index in [-0.39, 0.29) is 6.54 Å². The SMILES string of the molecule is CNC(c1ccc(F)c(F)c1)C(O)CN. The van der Waals surface area contributed by atoms with Gasteiger partial charge in [0, 0.05) is 6.54 Å². The van der Waals surface area contributed by atoms with E-state index in [2.05, 4.69) is 5.32 Å². The zero-order chi connectivity index (χ0) is 11.4. The highest BCUT2D eigenvalue weighted by Gasteiger charge is 2.19. The summed E-state index contributed by atoms with van der Waals surface area (Å²) in [4.78, 5) is 0. The number of nitrogens with one attached hydrogen (secondary N) is 1. The van der Waals surface area contributed by atoms with E-state index in [1.807, 2.05) is 0 Å². The van der Waals surface area contributed by atoms with Gasteiger partial charge in [0.25, 0.3) is 0 Å². The molecule has 0 bridgehead atoms. The van der Waals surface area contributed by atoms with Crippen LogP contribution in [0.4, 0.5) is 8.78 Å². The van der Waals surface area contributed by atoms with E-state index in [0.717, 1.165) is 12.1 Å². The zero-order valence-corrected chi connectivity index (χ0v) is 8.37. The van der Waals surface area contributed by atoms with Crippen LogP contribution in [0, 0.1) is 11.6 Å². The molecular weight excluding hydrogens is 202 g/mol. The Labute approximate surface area is 86.9 Å². The average molecular weight is 216 g/mol. The molecule has 0 fully saturated rings. The number of hydrogen-bond donors (Lipinski definition) is 3. The first-order valence-electron chi connectivity index (χ1n) is 4.60.